The topological polar surface area (TPSA) is 134 Å². The van der Waals surface area contributed by atoms with Crippen LogP contribution in [0.15, 0.2) is 46.0 Å². The molecule has 0 aliphatic carbocycles. The van der Waals surface area contributed by atoms with E-state index in [1.54, 1.807) is 32.4 Å². The summed E-state index contributed by atoms with van der Waals surface area (Å²) in [5, 5.41) is 13.6. The number of nitrogens with zero attached hydrogens (tertiary/aromatic N) is 2. The Balaban J connectivity index is 1.40. The highest BCUT2D eigenvalue weighted by Crippen LogP contribution is 2.28. The fraction of sp³-hybridized carbons (Fsp3) is 0.333. The Morgan fingerprint density at radius 1 is 0.861 bits per heavy atom. The number of amides is 2. The molecule has 36 heavy (non-hydrogen) atoms. The lowest BCUT2D eigenvalue weighted by Gasteiger charge is -2.10. The number of carbonyl (C=O) groups is 2. The van der Waals surface area contributed by atoms with Crippen molar-refractivity contribution in [2.45, 2.75) is 18.2 Å². The molecule has 0 atom stereocenters. The monoisotopic (exact) mass is 516 g/mol. The predicted octanol–water partition coefficient (Wildman–Crippen LogP) is 2.49. The van der Waals surface area contributed by atoms with Gasteiger partial charge >= 0.3 is 0 Å². The Morgan fingerprint density at radius 2 is 1.53 bits per heavy atom. The van der Waals surface area contributed by atoms with Crippen LogP contribution in [0.25, 0.3) is 0 Å². The molecular formula is C24H28N4O7S. The third kappa shape index (κ3) is 7.28. The third-order valence-electron chi connectivity index (χ3n) is 5.00. The first-order valence-electron chi connectivity index (χ1n) is 10.9. The van der Waals surface area contributed by atoms with Gasteiger partial charge in [-0.05, 0) is 42.3 Å². The molecular weight excluding hydrogens is 488 g/mol. The molecule has 1 heterocycles. The summed E-state index contributed by atoms with van der Waals surface area (Å²) in [7, 11) is 6.18. The van der Waals surface area contributed by atoms with Crippen molar-refractivity contribution in [1.82, 2.24) is 20.8 Å². The molecule has 1 aromatic heterocycles. The van der Waals surface area contributed by atoms with Crippen molar-refractivity contribution in [3.05, 3.63) is 53.4 Å². The van der Waals surface area contributed by atoms with Gasteiger partial charge in [-0.1, -0.05) is 17.8 Å². The Labute approximate surface area is 212 Å². The van der Waals surface area contributed by atoms with Gasteiger partial charge in [0.25, 0.3) is 11.1 Å². The molecule has 11 nitrogen and oxygen atoms in total. The van der Waals surface area contributed by atoms with E-state index in [2.05, 4.69) is 20.8 Å². The van der Waals surface area contributed by atoms with Gasteiger partial charge in [-0.3, -0.25) is 9.59 Å². The molecule has 0 fully saturated rings. The van der Waals surface area contributed by atoms with Gasteiger partial charge < -0.3 is 34.0 Å². The normalized spacial score (nSPS) is 10.4. The molecule has 0 unspecified atom stereocenters. The maximum atomic E-state index is 12.4. The van der Waals surface area contributed by atoms with Crippen LogP contribution >= 0.6 is 11.8 Å². The van der Waals surface area contributed by atoms with Crippen molar-refractivity contribution in [1.29, 1.82) is 0 Å². The van der Waals surface area contributed by atoms with E-state index in [0.29, 0.717) is 41.5 Å². The SMILES string of the molecule is COc1ccc(CCNC(=O)CSc2nnc(CNC(=O)c3ccc(OC)c(OC)c3)o2)cc1OC. The number of ether oxygens (including phenoxy) is 4. The largest absolute Gasteiger partial charge is 0.493 e. The number of hydrogen-bond acceptors (Lipinski definition) is 10. The molecule has 192 valence electrons. The number of carbonyl (C=O) groups excluding carboxylic acids is 2. The summed E-state index contributed by atoms with van der Waals surface area (Å²) in [5.74, 6) is 2.11. The van der Waals surface area contributed by atoms with Crippen LogP contribution in [0.3, 0.4) is 0 Å². The van der Waals surface area contributed by atoms with Crippen molar-refractivity contribution < 1.29 is 33.0 Å². The molecule has 0 saturated carbocycles. The highest BCUT2D eigenvalue weighted by atomic mass is 32.2. The number of rotatable bonds is 13. The third-order valence-corrected chi connectivity index (χ3v) is 5.82. The van der Waals surface area contributed by atoms with Gasteiger partial charge in [0.2, 0.25) is 11.8 Å². The Morgan fingerprint density at radius 3 is 2.22 bits per heavy atom. The van der Waals surface area contributed by atoms with Gasteiger partial charge in [0.15, 0.2) is 23.0 Å². The van der Waals surface area contributed by atoms with E-state index in [4.69, 9.17) is 23.4 Å². The number of nitrogens with one attached hydrogen (secondary N) is 2. The maximum Gasteiger partial charge on any atom is 0.277 e. The second kappa shape index (κ2) is 13.2. The molecule has 2 amide bonds. The molecule has 0 aliphatic heterocycles. The van der Waals surface area contributed by atoms with Gasteiger partial charge in [-0.15, -0.1) is 10.2 Å². The van der Waals surface area contributed by atoms with Crippen LogP contribution in [0, 0.1) is 0 Å². The Bertz CT molecular complexity index is 1190. The van der Waals surface area contributed by atoms with Crippen LogP contribution < -0.4 is 29.6 Å². The molecule has 12 heteroatoms. The van der Waals surface area contributed by atoms with E-state index in [0.717, 1.165) is 17.3 Å². The summed E-state index contributed by atoms with van der Waals surface area (Å²) in [6.45, 7) is 0.504. The smallest absolute Gasteiger partial charge is 0.277 e. The lowest BCUT2D eigenvalue weighted by atomic mass is 10.1. The fourth-order valence-electron chi connectivity index (χ4n) is 3.16. The molecule has 0 bridgehead atoms. The average molecular weight is 517 g/mol. The number of benzene rings is 2. The molecule has 2 aromatic carbocycles. The summed E-state index contributed by atoms with van der Waals surface area (Å²) < 4.78 is 26.4. The fourth-order valence-corrected chi connectivity index (χ4v) is 3.77. The first-order valence-corrected chi connectivity index (χ1v) is 11.9. The zero-order valence-corrected chi connectivity index (χ0v) is 21.3. The minimum absolute atomic E-state index is 0.0399. The van der Waals surface area contributed by atoms with Crippen molar-refractivity contribution in [2.24, 2.45) is 0 Å². The quantitative estimate of drug-likeness (QED) is 0.326. The van der Waals surface area contributed by atoms with E-state index < -0.39 is 0 Å². The van der Waals surface area contributed by atoms with Crippen LogP contribution in [0.2, 0.25) is 0 Å². The summed E-state index contributed by atoms with van der Waals surface area (Å²) in [6.07, 6.45) is 0.640. The summed E-state index contributed by atoms with van der Waals surface area (Å²) in [6, 6.07) is 10.5. The first-order chi connectivity index (χ1) is 17.5. The second-order valence-electron chi connectivity index (χ2n) is 7.29. The summed E-state index contributed by atoms with van der Waals surface area (Å²) in [5.41, 5.74) is 1.41. The van der Waals surface area contributed by atoms with Crippen molar-refractivity contribution in [2.75, 3.05) is 40.7 Å². The minimum atomic E-state index is -0.336. The number of aromatic nitrogens is 2. The van der Waals surface area contributed by atoms with Crippen LogP contribution in [0.1, 0.15) is 21.8 Å². The van der Waals surface area contributed by atoms with Gasteiger partial charge in [-0.25, -0.2) is 0 Å². The van der Waals surface area contributed by atoms with Gasteiger partial charge in [0.05, 0.1) is 40.7 Å². The predicted molar refractivity (Wildman–Crippen MR) is 132 cm³/mol. The first kappa shape index (κ1) is 26.7. The van der Waals surface area contributed by atoms with Crippen LogP contribution in [-0.4, -0.2) is 62.7 Å². The Kier molecular flexibility index (Phi) is 9.81. The Hall–Kier alpha value is -3.93. The van der Waals surface area contributed by atoms with Gasteiger partial charge in [-0.2, -0.15) is 0 Å². The molecule has 0 saturated heterocycles. The molecule has 0 aliphatic rings. The number of methoxy groups -OCH3 is 4. The van der Waals surface area contributed by atoms with Gasteiger partial charge in [0, 0.05) is 12.1 Å². The van der Waals surface area contributed by atoms with E-state index in [9.17, 15) is 9.59 Å². The molecule has 3 aromatic rings. The van der Waals surface area contributed by atoms with E-state index in [-0.39, 0.29) is 35.2 Å². The zero-order valence-electron chi connectivity index (χ0n) is 20.5. The van der Waals surface area contributed by atoms with E-state index in [1.165, 1.54) is 14.2 Å². The lowest BCUT2D eigenvalue weighted by Crippen LogP contribution is -2.27. The van der Waals surface area contributed by atoms with Crippen molar-refractivity contribution >= 4 is 23.6 Å². The maximum absolute atomic E-state index is 12.4. The van der Waals surface area contributed by atoms with Crippen molar-refractivity contribution in [3.8, 4) is 23.0 Å². The number of thioether (sulfide) groups is 1. The lowest BCUT2D eigenvalue weighted by molar-refractivity contribution is -0.118. The van der Waals surface area contributed by atoms with E-state index in [1.807, 2.05) is 18.2 Å². The van der Waals surface area contributed by atoms with E-state index >= 15 is 0 Å². The summed E-state index contributed by atoms with van der Waals surface area (Å²) in [4.78, 5) is 24.6. The highest BCUT2D eigenvalue weighted by Gasteiger charge is 2.14. The summed E-state index contributed by atoms with van der Waals surface area (Å²) >= 11 is 1.11. The van der Waals surface area contributed by atoms with Crippen LogP contribution in [0.4, 0.5) is 0 Å². The second-order valence-corrected chi connectivity index (χ2v) is 8.22. The van der Waals surface area contributed by atoms with Crippen LogP contribution in [-0.2, 0) is 17.8 Å². The van der Waals surface area contributed by atoms with Crippen LogP contribution in [0.5, 0.6) is 23.0 Å². The van der Waals surface area contributed by atoms with Crippen molar-refractivity contribution in [3.63, 3.8) is 0 Å². The molecule has 0 radical (unpaired) electrons. The number of hydrogen-bond donors (Lipinski definition) is 2. The standard InChI is InChI=1S/C24H28N4O7S/c1-31-17-7-5-15(11-19(17)33-3)9-10-25-21(29)14-36-24-28-27-22(35-24)13-26-23(30)16-6-8-18(32-2)20(12-16)34-4/h5-8,11-12H,9-10,13-14H2,1-4H3,(H,25,29)(H,26,30). The minimum Gasteiger partial charge on any atom is -0.493 e. The molecule has 2 N–H and O–H groups in total. The highest BCUT2D eigenvalue weighted by molar-refractivity contribution is 7.99. The average Bonchev–Trinajstić information content (AvgIpc) is 3.37. The molecule has 3 rings (SSSR count). The van der Waals surface area contributed by atoms with Gasteiger partial charge in [0.1, 0.15) is 0 Å². The zero-order chi connectivity index (χ0) is 25.9. The molecule has 0 spiro atoms.